The Kier molecular flexibility index (Phi) is 6.67. The molecule has 0 amide bonds. The van der Waals surface area contributed by atoms with E-state index in [4.69, 9.17) is 9.47 Å². The minimum Gasteiger partial charge on any atom is -0.492 e. The molecule has 0 bridgehead atoms. The third-order valence-electron chi connectivity index (χ3n) is 5.37. The van der Waals surface area contributed by atoms with E-state index in [0.717, 1.165) is 44.0 Å². The molecular weight excluding hydrogens is 378 g/mol. The summed E-state index contributed by atoms with van der Waals surface area (Å²) in [5.41, 5.74) is 0.357. The lowest BCUT2D eigenvalue weighted by molar-refractivity contribution is -0.0621. The van der Waals surface area contributed by atoms with Crippen molar-refractivity contribution in [1.29, 1.82) is 0 Å². The Bertz CT molecular complexity index is 901. The Morgan fingerprint density at radius 2 is 1.90 bits per heavy atom. The highest BCUT2D eigenvalue weighted by molar-refractivity contribution is 5.28. The minimum absolute atomic E-state index is 0.310. The van der Waals surface area contributed by atoms with Crippen molar-refractivity contribution in [2.24, 2.45) is 0 Å². The van der Waals surface area contributed by atoms with Crippen molar-refractivity contribution in [3.8, 4) is 11.5 Å². The highest BCUT2D eigenvalue weighted by Gasteiger charge is 2.34. The van der Waals surface area contributed by atoms with Crippen LogP contribution in [0.15, 0.2) is 73.3 Å². The first-order chi connectivity index (χ1) is 14.7. The zero-order valence-electron chi connectivity index (χ0n) is 17.2. The number of aliphatic hydroxyl groups is 1. The molecule has 1 atom stereocenters. The summed E-state index contributed by atoms with van der Waals surface area (Å²) in [5.74, 6) is 1.66. The molecule has 3 aromatic rings. The van der Waals surface area contributed by atoms with Gasteiger partial charge >= 0.3 is 0 Å². The standard InChI is InChI=1S/C24H29N3O3/c28-24(19-30-22-7-2-1-3-8-22)10-5-12-27(18-24)17-21-6-4-9-23(16-21)29-15-14-26-13-11-25-20-26/h1-4,6-9,11,13,16,20,28H,5,10,12,14-15,17-19H2/t24-/m0/s1. The van der Waals surface area contributed by atoms with Crippen LogP contribution in [0.3, 0.4) is 0 Å². The van der Waals surface area contributed by atoms with E-state index in [1.807, 2.05) is 53.2 Å². The van der Waals surface area contributed by atoms with E-state index in [9.17, 15) is 5.11 Å². The number of hydrogen-bond donors (Lipinski definition) is 1. The predicted octanol–water partition coefficient (Wildman–Crippen LogP) is 3.37. The zero-order chi connectivity index (χ0) is 20.7. The second-order valence-electron chi connectivity index (χ2n) is 7.94. The lowest BCUT2D eigenvalue weighted by atomic mass is 9.93. The molecule has 6 heteroatoms. The quantitative estimate of drug-likeness (QED) is 0.589. The van der Waals surface area contributed by atoms with Gasteiger partial charge in [-0.2, -0.15) is 0 Å². The number of ether oxygens (including phenoxy) is 2. The monoisotopic (exact) mass is 407 g/mol. The molecule has 0 spiro atoms. The van der Waals surface area contributed by atoms with E-state index in [-0.39, 0.29) is 0 Å². The van der Waals surface area contributed by atoms with Crippen LogP contribution in [0.25, 0.3) is 0 Å². The number of imidazole rings is 1. The van der Waals surface area contributed by atoms with Crippen molar-refractivity contribution in [2.75, 3.05) is 26.3 Å². The smallest absolute Gasteiger partial charge is 0.119 e. The van der Waals surface area contributed by atoms with E-state index >= 15 is 0 Å². The summed E-state index contributed by atoms with van der Waals surface area (Å²) in [4.78, 5) is 6.34. The molecule has 1 saturated heterocycles. The Morgan fingerprint density at radius 1 is 1.03 bits per heavy atom. The first kappa shape index (κ1) is 20.4. The topological polar surface area (TPSA) is 59.8 Å². The fraction of sp³-hybridized carbons (Fsp3) is 0.375. The van der Waals surface area contributed by atoms with Gasteiger partial charge in [0.25, 0.3) is 0 Å². The maximum Gasteiger partial charge on any atom is 0.119 e. The minimum atomic E-state index is -0.826. The SMILES string of the molecule is O[C@@]1(COc2ccccc2)CCCN(Cc2cccc(OCCn3ccnc3)c2)C1. The van der Waals surface area contributed by atoms with Crippen molar-refractivity contribution >= 4 is 0 Å². The van der Waals surface area contributed by atoms with Crippen LogP contribution in [0.2, 0.25) is 0 Å². The summed E-state index contributed by atoms with van der Waals surface area (Å²) < 4.78 is 13.7. The van der Waals surface area contributed by atoms with Crippen molar-refractivity contribution in [3.05, 3.63) is 78.9 Å². The molecule has 2 heterocycles. The number of nitrogens with zero attached hydrogens (tertiary/aromatic N) is 3. The van der Waals surface area contributed by atoms with E-state index in [1.165, 1.54) is 5.56 Å². The molecule has 158 valence electrons. The average Bonchev–Trinajstić information content (AvgIpc) is 3.27. The zero-order valence-corrected chi connectivity index (χ0v) is 17.2. The van der Waals surface area contributed by atoms with Gasteiger partial charge in [0.2, 0.25) is 0 Å². The average molecular weight is 408 g/mol. The van der Waals surface area contributed by atoms with Crippen molar-refractivity contribution in [1.82, 2.24) is 14.5 Å². The molecule has 0 saturated carbocycles. The van der Waals surface area contributed by atoms with E-state index in [0.29, 0.717) is 19.8 Å². The van der Waals surface area contributed by atoms with Crippen LogP contribution in [0, 0.1) is 0 Å². The summed E-state index contributed by atoms with van der Waals surface area (Å²) in [6.07, 6.45) is 7.20. The van der Waals surface area contributed by atoms with Gasteiger partial charge in [-0.3, -0.25) is 4.90 Å². The lowest BCUT2D eigenvalue weighted by Gasteiger charge is -2.39. The fourth-order valence-electron chi connectivity index (χ4n) is 3.87. The maximum absolute atomic E-state index is 11.0. The van der Waals surface area contributed by atoms with Crippen molar-refractivity contribution < 1.29 is 14.6 Å². The Balaban J connectivity index is 1.29. The Morgan fingerprint density at radius 3 is 2.73 bits per heavy atom. The van der Waals surface area contributed by atoms with E-state index in [2.05, 4.69) is 22.0 Å². The number of benzene rings is 2. The number of rotatable bonds is 9. The molecule has 30 heavy (non-hydrogen) atoms. The van der Waals surface area contributed by atoms with Crippen molar-refractivity contribution in [3.63, 3.8) is 0 Å². The van der Waals surface area contributed by atoms with Gasteiger partial charge in [0.05, 0.1) is 12.9 Å². The van der Waals surface area contributed by atoms with Crippen LogP contribution in [0.5, 0.6) is 11.5 Å². The molecule has 4 rings (SSSR count). The number of likely N-dealkylation sites (tertiary alicyclic amines) is 1. The molecule has 0 radical (unpaired) electrons. The molecule has 1 aromatic heterocycles. The molecule has 1 N–H and O–H groups in total. The van der Waals surface area contributed by atoms with Gasteiger partial charge in [0, 0.05) is 25.5 Å². The molecule has 1 fully saturated rings. The number of para-hydroxylation sites is 1. The van der Waals surface area contributed by atoms with Gasteiger partial charge < -0.3 is 19.1 Å². The summed E-state index contributed by atoms with van der Waals surface area (Å²) >= 11 is 0. The molecule has 1 aliphatic rings. The second kappa shape index (κ2) is 9.78. The van der Waals surface area contributed by atoms with Crippen LogP contribution >= 0.6 is 0 Å². The van der Waals surface area contributed by atoms with Gasteiger partial charge in [-0.05, 0) is 49.2 Å². The third-order valence-corrected chi connectivity index (χ3v) is 5.37. The van der Waals surface area contributed by atoms with Crippen molar-refractivity contribution in [2.45, 2.75) is 31.5 Å². The number of piperidine rings is 1. The first-order valence-electron chi connectivity index (χ1n) is 10.5. The molecule has 0 unspecified atom stereocenters. The van der Waals surface area contributed by atoms with Gasteiger partial charge in [0.1, 0.15) is 30.3 Å². The summed E-state index contributed by atoms with van der Waals surface area (Å²) in [6, 6.07) is 17.9. The largest absolute Gasteiger partial charge is 0.492 e. The molecule has 6 nitrogen and oxygen atoms in total. The van der Waals surface area contributed by atoms with Gasteiger partial charge in [-0.25, -0.2) is 4.98 Å². The van der Waals surface area contributed by atoms with Crippen LogP contribution in [-0.2, 0) is 13.1 Å². The van der Waals surface area contributed by atoms with Crippen LogP contribution in [0.4, 0.5) is 0 Å². The van der Waals surface area contributed by atoms with Crippen LogP contribution < -0.4 is 9.47 Å². The van der Waals surface area contributed by atoms with Gasteiger partial charge in [-0.1, -0.05) is 30.3 Å². The number of hydrogen-bond acceptors (Lipinski definition) is 5. The normalized spacial score (nSPS) is 19.5. The highest BCUT2D eigenvalue weighted by atomic mass is 16.5. The Labute approximate surface area is 177 Å². The number of aromatic nitrogens is 2. The maximum atomic E-state index is 11.0. The first-order valence-corrected chi connectivity index (χ1v) is 10.5. The predicted molar refractivity (Wildman–Crippen MR) is 116 cm³/mol. The summed E-state index contributed by atoms with van der Waals surface area (Å²) in [7, 11) is 0. The summed E-state index contributed by atoms with van der Waals surface area (Å²) in [5, 5.41) is 11.0. The Hall–Kier alpha value is -2.83. The molecular formula is C24H29N3O3. The lowest BCUT2D eigenvalue weighted by Crippen LogP contribution is -2.51. The van der Waals surface area contributed by atoms with E-state index < -0.39 is 5.60 Å². The van der Waals surface area contributed by atoms with Gasteiger partial charge in [0.15, 0.2) is 0 Å². The van der Waals surface area contributed by atoms with Crippen LogP contribution in [-0.4, -0.2) is 51.5 Å². The molecule has 2 aromatic carbocycles. The summed E-state index contributed by atoms with van der Waals surface area (Å²) in [6.45, 7) is 4.03. The second-order valence-corrected chi connectivity index (χ2v) is 7.94. The third kappa shape index (κ3) is 5.84. The van der Waals surface area contributed by atoms with Gasteiger partial charge in [-0.15, -0.1) is 0 Å². The number of β-amino-alcohol motifs (C(OH)–C–C–N with tert-alkyl or cyclic N) is 1. The molecule has 1 aliphatic heterocycles. The van der Waals surface area contributed by atoms with Crippen LogP contribution in [0.1, 0.15) is 18.4 Å². The fourth-order valence-corrected chi connectivity index (χ4v) is 3.87. The van der Waals surface area contributed by atoms with E-state index in [1.54, 1.807) is 12.5 Å². The molecule has 0 aliphatic carbocycles. The highest BCUT2D eigenvalue weighted by Crippen LogP contribution is 2.25.